The summed E-state index contributed by atoms with van der Waals surface area (Å²) in [6.45, 7) is 7.01. The quantitative estimate of drug-likeness (QED) is 0.143. The summed E-state index contributed by atoms with van der Waals surface area (Å²) in [5.41, 5.74) is 12.6. The van der Waals surface area contributed by atoms with Crippen LogP contribution in [0.5, 0.6) is 11.5 Å². The Bertz CT molecular complexity index is 1130. The van der Waals surface area contributed by atoms with E-state index in [1.54, 1.807) is 39.0 Å². The van der Waals surface area contributed by atoms with Gasteiger partial charge in [0.05, 0.1) is 23.6 Å². The van der Waals surface area contributed by atoms with Crippen LogP contribution in [0.4, 0.5) is 16.2 Å². The van der Waals surface area contributed by atoms with E-state index in [-0.39, 0.29) is 46.3 Å². The fraction of sp³-hybridized carbons (Fsp3) is 0.500. The van der Waals surface area contributed by atoms with Crippen molar-refractivity contribution in [3.8, 4) is 11.5 Å². The van der Waals surface area contributed by atoms with Gasteiger partial charge in [-0.1, -0.05) is 38.2 Å². The van der Waals surface area contributed by atoms with Gasteiger partial charge in [0.15, 0.2) is 6.10 Å². The van der Waals surface area contributed by atoms with Gasteiger partial charge >= 0.3 is 6.09 Å². The maximum absolute atomic E-state index is 12.8. The zero-order valence-corrected chi connectivity index (χ0v) is 23.3. The van der Waals surface area contributed by atoms with Gasteiger partial charge < -0.3 is 46.3 Å². The number of aromatic hydroxyl groups is 2. The number of anilines is 2. The first-order valence-electron chi connectivity index (χ1n) is 12.7. The molecule has 216 valence electrons. The fourth-order valence-corrected chi connectivity index (χ4v) is 4.63. The number of hydrogen-bond acceptors (Lipinski definition) is 9. The number of nitrogen functional groups attached to an aromatic ring is 1. The SMILES string of the molecule is CO[C@H]1/C=C\C=C(/C)C(=O)Nc2cc(O)c(N)c(c2O)C[C@H](C)C[C@@H](OC)[C@H](O)[C@@H](C)/C=C(\C)[C@@H]1OC(N)=O. The number of methoxy groups -OCH3 is 2. The number of phenols is 2. The predicted octanol–water partition coefficient (Wildman–Crippen LogP) is 3.14. The summed E-state index contributed by atoms with van der Waals surface area (Å²) in [6, 6.07) is 1.19. The largest absolute Gasteiger partial charge is 0.506 e. The van der Waals surface area contributed by atoms with Crippen LogP contribution in [0.3, 0.4) is 0 Å². The van der Waals surface area contributed by atoms with E-state index in [0.717, 1.165) is 0 Å². The van der Waals surface area contributed by atoms with Crippen LogP contribution in [-0.4, -0.2) is 66.0 Å². The normalized spacial score (nSPS) is 30.8. The standard InChI is InChI=1S/C28H41N3O8/c1-14-10-18-23(29)20(32)13-19(25(18)34)31-27(35)15(2)8-7-9-21(37-5)26(39-28(30)36)17(4)12-16(3)24(33)22(11-14)38-6/h7-9,12-14,16,21-22,24,26,32-34H,10-11,29H2,1-6H3,(H2,30,36)(H,31,35)/b9-7-,15-8+,17-12+/t14-,16-,21-,22+,24+,26-/m0/s1. The molecule has 0 saturated heterocycles. The molecular weight excluding hydrogens is 506 g/mol. The van der Waals surface area contributed by atoms with E-state index in [9.17, 15) is 24.9 Å². The van der Waals surface area contributed by atoms with E-state index in [0.29, 0.717) is 12.0 Å². The molecule has 1 aliphatic heterocycles. The Morgan fingerprint density at radius 3 is 2.41 bits per heavy atom. The van der Waals surface area contributed by atoms with E-state index in [1.807, 2.05) is 6.92 Å². The molecule has 0 saturated carbocycles. The number of nitrogens with one attached hydrogen (secondary N) is 1. The molecule has 11 nitrogen and oxygen atoms in total. The first-order chi connectivity index (χ1) is 18.3. The number of rotatable bonds is 3. The van der Waals surface area contributed by atoms with E-state index in [4.69, 9.17) is 25.7 Å². The van der Waals surface area contributed by atoms with Crippen molar-refractivity contribution in [1.29, 1.82) is 0 Å². The number of carbonyl (C=O) groups is 2. The minimum absolute atomic E-state index is 0.00464. The molecule has 1 aromatic carbocycles. The number of allylic oxidation sites excluding steroid dienone is 2. The minimum Gasteiger partial charge on any atom is -0.506 e. The monoisotopic (exact) mass is 547 g/mol. The number of aliphatic hydroxyl groups is 1. The Morgan fingerprint density at radius 2 is 1.82 bits per heavy atom. The van der Waals surface area contributed by atoms with Gasteiger partial charge in [-0.2, -0.15) is 0 Å². The summed E-state index contributed by atoms with van der Waals surface area (Å²) < 4.78 is 16.5. The highest BCUT2D eigenvalue weighted by Crippen LogP contribution is 2.40. The number of amides is 2. The Labute approximate surface area is 229 Å². The lowest BCUT2D eigenvalue weighted by molar-refractivity contribution is -0.112. The number of hydrogen-bond donors (Lipinski definition) is 6. The summed E-state index contributed by atoms with van der Waals surface area (Å²) in [6.07, 6.45) is 2.90. The molecule has 1 aliphatic rings. The Hall–Kier alpha value is -3.54. The molecule has 1 heterocycles. The van der Waals surface area contributed by atoms with Crippen molar-refractivity contribution in [3.05, 3.63) is 47.1 Å². The van der Waals surface area contributed by atoms with Crippen molar-refractivity contribution >= 4 is 23.4 Å². The summed E-state index contributed by atoms with van der Waals surface area (Å²) >= 11 is 0. The first kappa shape index (κ1) is 31.7. The maximum atomic E-state index is 12.8. The van der Waals surface area contributed by atoms with Crippen molar-refractivity contribution in [2.24, 2.45) is 17.6 Å². The second-order valence-corrected chi connectivity index (χ2v) is 10.0. The van der Waals surface area contributed by atoms with E-state index in [1.165, 1.54) is 26.4 Å². The van der Waals surface area contributed by atoms with Gasteiger partial charge in [0, 0.05) is 37.3 Å². The van der Waals surface area contributed by atoms with Crippen molar-refractivity contribution in [2.75, 3.05) is 25.3 Å². The van der Waals surface area contributed by atoms with Gasteiger partial charge in [0.25, 0.3) is 5.91 Å². The molecule has 2 rings (SSSR count). The number of benzene rings is 1. The Balaban J connectivity index is 2.62. The van der Waals surface area contributed by atoms with Gasteiger partial charge in [-0.05, 0) is 38.2 Å². The van der Waals surface area contributed by atoms with E-state index >= 15 is 0 Å². The maximum Gasteiger partial charge on any atom is 0.405 e. The number of carbonyl (C=O) groups excluding carboxylic acids is 2. The fourth-order valence-electron chi connectivity index (χ4n) is 4.63. The van der Waals surface area contributed by atoms with Crippen molar-refractivity contribution in [3.63, 3.8) is 0 Å². The molecule has 2 amide bonds. The number of aliphatic hydroxyl groups excluding tert-OH is 1. The molecule has 8 N–H and O–H groups in total. The first-order valence-corrected chi connectivity index (χ1v) is 12.7. The minimum atomic E-state index is -0.992. The van der Waals surface area contributed by atoms with Crippen molar-refractivity contribution < 1.29 is 39.1 Å². The average Bonchev–Trinajstić information content (AvgIpc) is 2.88. The Morgan fingerprint density at radius 1 is 1.15 bits per heavy atom. The van der Waals surface area contributed by atoms with Crippen molar-refractivity contribution in [1.82, 2.24) is 0 Å². The molecule has 0 radical (unpaired) electrons. The predicted molar refractivity (Wildman–Crippen MR) is 148 cm³/mol. The van der Waals surface area contributed by atoms with Crippen LogP contribution >= 0.6 is 0 Å². The molecule has 0 fully saturated rings. The van der Waals surface area contributed by atoms with Gasteiger partial charge in [-0.3, -0.25) is 4.79 Å². The van der Waals surface area contributed by atoms with Gasteiger partial charge in [0.1, 0.15) is 17.6 Å². The van der Waals surface area contributed by atoms with Crippen LogP contribution < -0.4 is 16.8 Å². The zero-order valence-electron chi connectivity index (χ0n) is 23.3. The number of primary amides is 1. The molecule has 6 atom stereocenters. The molecule has 2 bridgehead atoms. The van der Waals surface area contributed by atoms with Crippen molar-refractivity contribution in [2.45, 2.75) is 65.0 Å². The molecule has 39 heavy (non-hydrogen) atoms. The van der Waals surface area contributed by atoms with Gasteiger partial charge in [-0.25, -0.2) is 4.79 Å². The number of ether oxygens (including phenoxy) is 3. The molecular formula is C28H41N3O8. The Kier molecular flexibility index (Phi) is 11.4. The van der Waals surface area contributed by atoms with Crippen LogP contribution in [0.25, 0.3) is 0 Å². The van der Waals surface area contributed by atoms with Crippen LogP contribution in [-0.2, 0) is 25.4 Å². The summed E-state index contributed by atoms with van der Waals surface area (Å²) in [4.78, 5) is 24.5. The highest BCUT2D eigenvalue weighted by atomic mass is 16.6. The molecule has 11 heteroatoms. The molecule has 1 aromatic rings. The summed E-state index contributed by atoms with van der Waals surface area (Å²) in [7, 11) is 2.93. The molecule has 0 spiro atoms. The third-order valence-corrected chi connectivity index (χ3v) is 6.87. The molecule has 0 aliphatic carbocycles. The number of nitrogens with two attached hydrogens (primary N) is 2. The van der Waals surface area contributed by atoms with Crippen LogP contribution in [0.1, 0.15) is 39.7 Å². The second-order valence-electron chi connectivity index (χ2n) is 10.0. The number of fused-ring (bicyclic) bond motifs is 2. The summed E-state index contributed by atoms with van der Waals surface area (Å²) in [5.74, 6) is -1.63. The number of phenolic OH excluding ortho intramolecular Hbond substituents is 2. The topological polar surface area (TPSA) is 187 Å². The highest BCUT2D eigenvalue weighted by molar-refractivity contribution is 6.04. The third-order valence-electron chi connectivity index (χ3n) is 6.87. The second kappa shape index (κ2) is 14.0. The highest BCUT2D eigenvalue weighted by Gasteiger charge is 2.30. The molecule has 0 aromatic heterocycles. The lowest BCUT2D eigenvalue weighted by Crippen LogP contribution is -2.37. The van der Waals surface area contributed by atoms with Crippen LogP contribution in [0, 0.1) is 11.8 Å². The van der Waals surface area contributed by atoms with Gasteiger partial charge in [-0.15, -0.1) is 0 Å². The molecule has 0 unspecified atom stereocenters. The van der Waals surface area contributed by atoms with Crippen LogP contribution in [0.15, 0.2) is 41.5 Å². The van der Waals surface area contributed by atoms with E-state index in [2.05, 4.69) is 5.32 Å². The third kappa shape index (κ3) is 8.22. The average molecular weight is 548 g/mol. The van der Waals surface area contributed by atoms with E-state index < -0.39 is 42.3 Å². The zero-order chi connectivity index (χ0) is 29.4. The smallest absolute Gasteiger partial charge is 0.405 e. The van der Waals surface area contributed by atoms with Gasteiger partial charge in [0.2, 0.25) is 0 Å². The lowest BCUT2D eigenvalue weighted by atomic mass is 9.87. The van der Waals surface area contributed by atoms with Crippen LogP contribution in [0.2, 0.25) is 0 Å². The summed E-state index contributed by atoms with van der Waals surface area (Å²) in [5, 5.41) is 35.0. The lowest BCUT2D eigenvalue weighted by Gasteiger charge is -2.29.